The molecule has 0 radical (unpaired) electrons. The summed E-state index contributed by atoms with van der Waals surface area (Å²) >= 11 is 0. The average molecular weight is 430 g/mol. The van der Waals surface area contributed by atoms with Gasteiger partial charge < -0.3 is 5.32 Å². The number of hydrogen-bond acceptors (Lipinski definition) is 1. The molecule has 0 bridgehead atoms. The maximum Gasteiger partial charge on any atom is 0.146 e. The summed E-state index contributed by atoms with van der Waals surface area (Å²) in [7, 11) is 0. The zero-order valence-corrected chi connectivity index (χ0v) is 18.2. The van der Waals surface area contributed by atoms with Gasteiger partial charge in [-0.1, -0.05) is 97.1 Å². The lowest BCUT2D eigenvalue weighted by atomic mass is 9.63. The molecule has 160 valence electrons. The summed E-state index contributed by atoms with van der Waals surface area (Å²) in [5.41, 5.74) is 6.55. The van der Waals surface area contributed by atoms with Gasteiger partial charge in [0.15, 0.2) is 0 Å². The van der Waals surface area contributed by atoms with E-state index < -0.39 is 0 Å². The minimum Gasteiger partial charge on any atom is -0.353 e. The fourth-order valence-corrected chi connectivity index (χ4v) is 7.04. The van der Waals surface area contributed by atoms with Crippen molar-refractivity contribution in [2.24, 2.45) is 23.7 Å². The van der Waals surface area contributed by atoms with Gasteiger partial charge in [0.2, 0.25) is 0 Å². The van der Waals surface area contributed by atoms with Crippen molar-refractivity contribution in [3.05, 3.63) is 132 Å². The Labute approximate surface area is 193 Å². The lowest BCUT2D eigenvalue weighted by Crippen LogP contribution is -2.37. The molecule has 4 aliphatic carbocycles. The van der Waals surface area contributed by atoms with E-state index in [1.54, 1.807) is 12.1 Å². The molecule has 33 heavy (non-hydrogen) atoms. The molecule has 1 fully saturated rings. The average Bonchev–Trinajstić information content (AvgIpc) is 3.34. The van der Waals surface area contributed by atoms with Crippen molar-refractivity contribution >= 4 is 11.4 Å². The zero-order chi connectivity index (χ0) is 22.0. The Bertz CT molecular complexity index is 1360. The summed E-state index contributed by atoms with van der Waals surface area (Å²) in [5, 5.41) is 3.42. The van der Waals surface area contributed by atoms with Crippen LogP contribution in [0.1, 0.15) is 11.1 Å². The molecule has 2 heteroatoms. The molecule has 0 amide bonds. The first kappa shape index (κ1) is 18.9. The number of benzene rings is 3. The van der Waals surface area contributed by atoms with Crippen LogP contribution >= 0.6 is 0 Å². The molecule has 4 aliphatic rings. The quantitative estimate of drug-likeness (QED) is 0.443. The number of rotatable bonds is 2. The third-order valence-electron chi connectivity index (χ3n) is 8.15. The Kier molecular flexibility index (Phi) is 3.96. The number of fused-ring (bicyclic) bond motifs is 10. The van der Waals surface area contributed by atoms with E-state index in [1.807, 2.05) is 6.07 Å². The van der Waals surface area contributed by atoms with Crippen molar-refractivity contribution in [3.63, 3.8) is 0 Å². The smallest absolute Gasteiger partial charge is 0.146 e. The summed E-state index contributed by atoms with van der Waals surface area (Å²) in [6.45, 7) is 0. The van der Waals surface area contributed by atoms with Crippen LogP contribution in [0.15, 0.2) is 115 Å². The number of nitrogens with one attached hydrogen (secondary N) is 1. The molecule has 4 unspecified atom stereocenters. The minimum absolute atomic E-state index is 0.142. The number of para-hydroxylation sites is 1. The summed E-state index contributed by atoms with van der Waals surface area (Å²) < 4.78 is 14.6. The molecule has 0 aromatic heterocycles. The monoisotopic (exact) mass is 429 g/mol. The van der Waals surface area contributed by atoms with E-state index in [0.717, 1.165) is 5.69 Å². The fourth-order valence-electron chi connectivity index (χ4n) is 7.04. The van der Waals surface area contributed by atoms with Crippen LogP contribution in [0.2, 0.25) is 0 Å². The van der Waals surface area contributed by atoms with Gasteiger partial charge in [0.05, 0.1) is 5.69 Å². The van der Waals surface area contributed by atoms with Crippen LogP contribution in [-0.4, -0.2) is 0 Å². The summed E-state index contributed by atoms with van der Waals surface area (Å²) in [6.07, 6.45) is 18.5. The molecular weight excluding hydrogens is 405 g/mol. The van der Waals surface area contributed by atoms with Crippen molar-refractivity contribution in [3.8, 4) is 11.1 Å². The molecule has 3 aromatic rings. The van der Waals surface area contributed by atoms with E-state index in [2.05, 4.69) is 96.4 Å². The van der Waals surface area contributed by atoms with Crippen molar-refractivity contribution in [2.75, 3.05) is 5.32 Å². The minimum atomic E-state index is -0.238. The van der Waals surface area contributed by atoms with Gasteiger partial charge in [-0.25, -0.2) is 4.39 Å². The van der Waals surface area contributed by atoms with Crippen LogP contribution in [0.3, 0.4) is 0 Å². The zero-order valence-electron chi connectivity index (χ0n) is 18.2. The van der Waals surface area contributed by atoms with Crippen LogP contribution in [0.5, 0.6) is 0 Å². The van der Waals surface area contributed by atoms with Gasteiger partial charge in [0.1, 0.15) is 5.82 Å². The lowest BCUT2D eigenvalue weighted by Gasteiger charge is -2.39. The Hall–Kier alpha value is -3.65. The van der Waals surface area contributed by atoms with Crippen molar-refractivity contribution in [2.45, 2.75) is 5.41 Å². The van der Waals surface area contributed by atoms with Gasteiger partial charge in [0.25, 0.3) is 0 Å². The lowest BCUT2D eigenvalue weighted by molar-refractivity contribution is 0.371. The molecule has 1 nitrogen and oxygen atoms in total. The molecule has 7 rings (SSSR count). The highest BCUT2D eigenvalue weighted by atomic mass is 19.1. The molecule has 0 saturated heterocycles. The van der Waals surface area contributed by atoms with E-state index in [9.17, 15) is 4.39 Å². The summed E-state index contributed by atoms with van der Waals surface area (Å²) in [4.78, 5) is 0. The first-order valence-electron chi connectivity index (χ1n) is 11.7. The van der Waals surface area contributed by atoms with Crippen LogP contribution in [0, 0.1) is 29.5 Å². The predicted molar refractivity (Wildman–Crippen MR) is 133 cm³/mol. The maximum absolute atomic E-state index is 14.6. The highest BCUT2D eigenvalue weighted by molar-refractivity contribution is 5.92. The largest absolute Gasteiger partial charge is 0.353 e. The van der Waals surface area contributed by atoms with Crippen LogP contribution in [0.25, 0.3) is 11.1 Å². The first-order chi connectivity index (χ1) is 16.3. The topological polar surface area (TPSA) is 12.0 Å². The molecule has 1 saturated carbocycles. The molecule has 0 aliphatic heterocycles. The second-order valence-corrected chi connectivity index (χ2v) is 9.49. The van der Waals surface area contributed by atoms with E-state index in [0.29, 0.717) is 29.4 Å². The van der Waals surface area contributed by atoms with Crippen molar-refractivity contribution in [1.82, 2.24) is 0 Å². The second-order valence-electron chi connectivity index (χ2n) is 9.49. The molecule has 1 N–H and O–H groups in total. The van der Waals surface area contributed by atoms with Gasteiger partial charge in [-0.15, -0.1) is 0 Å². The SMILES string of the molecule is Fc1ccccc1Nc1cccc2c1-c1ccccc1C21C2C=CC=CC2C2C=CC=CC21. The van der Waals surface area contributed by atoms with Crippen LogP contribution in [-0.2, 0) is 5.41 Å². The number of hydrogen-bond donors (Lipinski definition) is 1. The fraction of sp³-hybridized carbons (Fsp3) is 0.161. The van der Waals surface area contributed by atoms with E-state index >= 15 is 0 Å². The van der Waals surface area contributed by atoms with E-state index in [-0.39, 0.29) is 11.2 Å². The first-order valence-corrected chi connectivity index (χ1v) is 11.7. The van der Waals surface area contributed by atoms with Gasteiger partial charge in [-0.3, -0.25) is 0 Å². The summed E-state index contributed by atoms with van der Waals surface area (Å²) in [5.74, 6) is 1.43. The van der Waals surface area contributed by atoms with Crippen molar-refractivity contribution < 1.29 is 4.39 Å². The Morgan fingerprint density at radius 2 is 1.21 bits per heavy atom. The molecule has 3 aromatic carbocycles. The van der Waals surface area contributed by atoms with Crippen LogP contribution in [0.4, 0.5) is 15.8 Å². The van der Waals surface area contributed by atoms with Gasteiger partial charge >= 0.3 is 0 Å². The normalized spacial score (nSPS) is 29.6. The number of anilines is 2. The third kappa shape index (κ3) is 2.41. The Morgan fingerprint density at radius 1 is 0.606 bits per heavy atom. The van der Waals surface area contributed by atoms with Gasteiger partial charge in [-0.2, -0.15) is 0 Å². The molecule has 1 spiro atoms. The van der Waals surface area contributed by atoms with Gasteiger partial charge in [-0.05, 0) is 58.6 Å². The highest BCUT2D eigenvalue weighted by Gasteiger charge is 2.62. The third-order valence-corrected chi connectivity index (χ3v) is 8.15. The highest BCUT2D eigenvalue weighted by Crippen LogP contribution is 2.68. The predicted octanol–water partition coefficient (Wildman–Crippen LogP) is 7.57. The molecule has 0 heterocycles. The Morgan fingerprint density at radius 3 is 1.97 bits per heavy atom. The molecule has 4 atom stereocenters. The van der Waals surface area contributed by atoms with Crippen molar-refractivity contribution in [1.29, 1.82) is 0 Å². The standard InChI is InChI=1S/C31H24FN/c32-27-17-7-8-18-28(27)33-29-19-9-16-26-30(29)22-12-3-6-15-25(22)31(26)23-13-4-1-10-20(23)21-11-2-5-14-24(21)31/h1-21,23-24,33H. The van der Waals surface area contributed by atoms with E-state index in [1.165, 1.54) is 28.3 Å². The van der Waals surface area contributed by atoms with Crippen LogP contribution < -0.4 is 5.32 Å². The van der Waals surface area contributed by atoms with Gasteiger partial charge in [0, 0.05) is 16.7 Å². The van der Waals surface area contributed by atoms with E-state index in [4.69, 9.17) is 0 Å². The summed E-state index contributed by atoms with van der Waals surface area (Å²) in [6, 6.07) is 22.3. The Balaban J connectivity index is 1.51. The molecular formula is C31H24FN. The number of halogens is 1. The maximum atomic E-state index is 14.6. The number of allylic oxidation sites excluding steroid dienone is 8. The second kappa shape index (κ2) is 6.92.